The van der Waals surface area contributed by atoms with Crippen LogP contribution < -0.4 is 10.2 Å². The number of anilines is 1. The predicted octanol–water partition coefficient (Wildman–Crippen LogP) is 7.20. The van der Waals surface area contributed by atoms with Crippen molar-refractivity contribution >= 4 is 52.5 Å². The quantitative estimate of drug-likeness (QED) is 0.253. The zero-order valence-corrected chi connectivity index (χ0v) is 22.4. The topological polar surface area (TPSA) is 50.2 Å². The van der Waals surface area contributed by atoms with Gasteiger partial charge < -0.3 is 10.2 Å². The van der Waals surface area contributed by atoms with Gasteiger partial charge in [-0.2, -0.15) is 5.10 Å². The second-order valence-corrected chi connectivity index (χ2v) is 9.77. The number of nitrogens with zero attached hydrogens (tertiary/aromatic N) is 3. The number of carbonyl (C=O) groups excluding carboxylic acids is 1. The summed E-state index contributed by atoms with van der Waals surface area (Å²) in [7, 11) is 3.98. The van der Waals surface area contributed by atoms with Gasteiger partial charge in [0.25, 0.3) is 0 Å². The van der Waals surface area contributed by atoms with Crippen molar-refractivity contribution in [1.29, 1.82) is 0 Å². The van der Waals surface area contributed by atoms with E-state index in [0.29, 0.717) is 33.0 Å². The predicted molar refractivity (Wildman–Crippen MR) is 150 cm³/mol. The highest BCUT2D eigenvalue weighted by atomic mass is 35.5. The van der Waals surface area contributed by atoms with Crippen molar-refractivity contribution in [2.45, 2.75) is 13.5 Å². The van der Waals surface area contributed by atoms with E-state index in [9.17, 15) is 4.79 Å². The molecule has 0 atom stereocenters. The van der Waals surface area contributed by atoms with Crippen molar-refractivity contribution in [3.8, 4) is 16.9 Å². The Morgan fingerprint density at radius 2 is 1.64 bits per heavy atom. The maximum absolute atomic E-state index is 12.5. The second-order valence-electron chi connectivity index (χ2n) is 8.49. The molecule has 0 aliphatic rings. The Balaban J connectivity index is 1.60. The molecular weight excluding hydrogens is 515 g/mol. The van der Waals surface area contributed by atoms with E-state index in [1.165, 1.54) is 6.08 Å². The molecule has 0 aliphatic heterocycles. The molecule has 4 aromatic rings. The molecular formula is C28H25Cl3N4O. The van der Waals surface area contributed by atoms with Gasteiger partial charge in [0.2, 0.25) is 5.91 Å². The van der Waals surface area contributed by atoms with Crippen LogP contribution in [0.5, 0.6) is 0 Å². The minimum absolute atomic E-state index is 0.210. The molecule has 0 aliphatic carbocycles. The summed E-state index contributed by atoms with van der Waals surface area (Å²) in [4.78, 5) is 14.6. The number of hydrogen-bond acceptors (Lipinski definition) is 3. The summed E-state index contributed by atoms with van der Waals surface area (Å²) >= 11 is 18.7. The number of rotatable bonds is 7. The molecule has 0 bridgehead atoms. The summed E-state index contributed by atoms with van der Waals surface area (Å²) in [5.41, 5.74) is 6.11. The first kappa shape index (κ1) is 25.8. The van der Waals surface area contributed by atoms with Gasteiger partial charge in [-0.1, -0.05) is 59.1 Å². The van der Waals surface area contributed by atoms with Crippen molar-refractivity contribution in [3.63, 3.8) is 0 Å². The van der Waals surface area contributed by atoms with Crippen LogP contribution in [0.1, 0.15) is 16.8 Å². The fourth-order valence-corrected chi connectivity index (χ4v) is 4.37. The molecule has 0 spiro atoms. The van der Waals surface area contributed by atoms with Gasteiger partial charge in [-0.05, 0) is 61.0 Å². The van der Waals surface area contributed by atoms with Crippen LogP contribution >= 0.6 is 34.8 Å². The van der Waals surface area contributed by atoms with Gasteiger partial charge in [-0.25, -0.2) is 4.68 Å². The van der Waals surface area contributed by atoms with Crippen LogP contribution in [-0.4, -0.2) is 29.8 Å². The molecule has 1 aromatic heterocycles. The smallest absolute Gasteiger partial charge is 0.244 e. The monoisotopic (exact) mass is 538 g/mol. The van der Waals surface area contributed by atoms with E-state index in [0.717, 1.165) is 28.1 Å². The van der Waals surface area contributed by atoms with Crippen molar-refractivity contribution in [3.05, 3.63) is 105 Å². The van der Waals surface area contributed by atoms with E-state index in [2.05, 4.69) is 5.32 Å². The third kappa shape index (κ3) is 5.93. The SMILES string of the molecule is Cc1c(/C=C/C(=O)NCc2ccc(N(C)C)cc2)nn(-c2ccc(Cl)cc2Cl)c1-c1ccc(Cl)cc1. The molecule has 1 amide bonds. The molecule has 0 unspecified atom stereocenters. The second kappa shape index (κ2) is 11.2. The van der Waals surface area contributed by atoms with E-state index in [-0.39, 0.29) is 5.91 Å². The first-order chi connectivity index (χ1) is 17.2. The van der Waals surface area contributed by atoms with Gasteiger partial charge in [0, 0.05) is 53.6 Å². The summed E-state index contributed by atoms with van der Waals surface area (Å²) in [5, 5.41) is 9.33. The van der Waals surface area contributed by atoms with Gasteiger partial charge in [0.1, 0.15) is 0 Å². The first-order valence-electron chi connectivity index (χ1n) is 11.3. The fourth-order valence-electron chi connectivity index (χ4n) is 3.76. The van der Waals surface area contributed by atoms with Crippen LogP contribution in [0.25, 0.3) is 23.0 Å². The highest BCUT2D eigenvalue weighted by Gasteiger charge is 2.18. The zero-order valence-electron chi connectivity index (χ0n) is 20.1. The molecule has 5 nitrogen and oxygen atoms in total. The molecule has 0 saturated carbocycles. The Morgan fingerprint density at radius 1 is 0.972 bits per heavy atom. The van der Waals surface area contributed by atoms with E-state index in [4.69, 9.17) is 39.9 Å². The molecule has 1 N–H and O–H groups in total. The Labute approximate surface area is 225 Å². The summed E-state index contributed by atoms with van der Waals surface area (Å²) in [6, 6.07) is 20.8. The molecule has 0 radical (unpaired) electrons. The van der Waals surface area contributed by atoms with Gasteiger partial charge >= 0.3 is 0 Å². The highest BCUT2D eigenvalue weighted by Crippen LogP contribution is 2.33. The van der Waals surface area contributed by atoms with Crippen LogP contribution in [0.2, 0.25) is 15.1 Å². The minimum atomic E-state index is -0.210. The fraction of sp³-hybridized carbons (Fsp3) is 0.143. The molecule has 8 heteroatoms. The molecule has 184 valence electrons. The highest BCUT2D eigenvalue weighted by molar-refractivity contribution is 6.35. The van der Waals surface area contributed by atoms with Crippen LogP contribution in [0.3, 0.4) is 0 Å². The summed E-state index contributed by atoms with van der Waals surface area (Å²) < 4.78 is 1.76. The number of nitrogens with one attached hydrogen (secondary N) is 1. The number of hydrogen-bond donors (Lipinski definition) is 1. The number of benzene rings is 3. The van der Waals surface area contributed by atoms with E-state index >= 15 is 0 Å². The Morgan fingerprint density at radius 3 is 2.28 bits per heavy atom. The van der Waals surface area contributed by atoms with Crippen LogP contribution in [0.4, 0.5) is 5.69 Å². The largest absolute Gasteiger partial charge is 0.378 e. The first-order valence-corrected chi connectivity index (χ1v) is 12.4. The normalized spacial score (nSPS) is 11.2. The Kier molecular flexibility index (Phi) is 8.04. The van der Waals surface area contributed by atoms with Gasteiger partial charge in [-0.15, -0.1) is 0 Å². The number of carbonyl (C=O) groups is 1. The van der Waals surface area contributed by atoms with Crippen LogP contribution in [0.15, 0.2) is 72.8 Å². The lowest BCUT2D eigenvalue weighted by Crippen LogP contribution is -2.20. The van der Waals surface area contributed by atoms with Crippen molar-refractivity contribution < 1.29 is 4.79 Å². The van der Waals surface area contributed by atoms with Crippen LogP contribution in [-0.2, 0) is 11.3 Å². The zero-order chi connectivity index (χ0) is 25.8. The van der Waals surface area contributed by atoms with Gasteiger partial charge in [-0.3, -0.25) is 4.79 Å². The lowest BCUT2D eigenvalue weighted by atomic mass is 10.1. The summed E-state index contributed by atoms with van der Waals surface area (Å²) in [6.45, 7) is 2.39. The van der Waals surface area contributed by atoms with Crippen molar-refractivity contribution in [1.82, 2.24) is 15.1 Å². The summed E-state index contributed by atoms with van der Waals surface area (Å²) in [5.74, 6) is -0.210. The van der Waals surface area contributed by atoms with E-state index < -0.39 is 0 Å². The number of amides is 1. The maximum Gasteiger partial charge on any atom is 0.244 e. The number of aromatic nitrogens is 2. The number of halogens is 3. The van der Waals surface area contributed by atoms with E-state index in [1.807, 2.05) is 80.5 Å². The van der Waals surface area contributed by atoms with Crippen LogP contribution in [0, 0.1) is 6.92 Å². The third-order valence-corrected chi connectivity index (χ3v) is 6.52. The van der Waals surface area contributed by atoms with E-state index in [1.54, 1.807) is 22.9 Å². The van der Waals surface area contributed by atoms with Gasteiger partial charge in [0.05, 0.1) is 22.1 Å². The lowest BCUT2D eigenvalue weighted by Gasteiger charge is -2.12. The lowest BCUT2D eigenvalue weighted by molar-refractivity contribution is -0.116. The van der Waals surface area contributed by atoms with Gasteiger partial charge in [0.15, 0.2) is 0 Å². The van der Waals surface area contributed by atoms with Crippen molar-refractivity contribution in [2.75, 3.05) is 19.0 Å². The average Bonchev–Trinajstić information content (AvgIpc) is 3.18. The summed E-state index contributed by atoms with van der Waals surface area (Å²) in [6.07, 6.45) is 3.20. The molecule has 3 aromatic carbocycles. The molecule has 36 heavy (non-hydrogen) atoms. The Hall–Kier alpha value is -3.25. The molecule has 0 saturated heterocycles. The molecule has 1 heterocycles. The third-order valence-electron chi connectivity index (χ3n) is 5.73. The molecule has 0 fully saturated rings. The maximum atomic E-state index is 12.5. The van der Waals surface area contributed by atoms with Crippen molar-refractivity contribution in [2.24, 2.45) is 0 Å². The average molecular weight is 540 g/mol. The molecule has 4 rings (SSSR count). The minimum Gasteiger partial charge on any atom is -0.378 e. The Bertz CT molecular complexity index is 1410. The standard InChI is InChI=1S/C28H25Cl3N4O/c1-18-25(13-15-27(36)32-17-19-4-11-23(12-5-19)34(2)3)33-35(26-14-10-22(30)16-24(26)31)28(18)20-6-8-21(29)9-7-20/h4-16H,17H2,1-3H3,(H,32,36)/b15-13+.